The first kappa shape index (κ1) is 21.4. The summed E-state index contributed by atoms with van der Waals surface area (Å²) >= 11 is 7.62. The van der Waals surface area contributed by atoms with E-state index in [1.54, 1.807) is 16.7 Å². The molecule has 8 heteroatoms. The van der Waals surface area contributed by atoms with Crippen molar-refractivity contribution in [1.29, 1.82) is 0 Å². The molecule has 33 heavy (non-hydrogen) atoms. The van der Waals surface area contributed by atoms with Crippen molar-refractivity contribution in [3.63, 3.8) is 0 Å². The Bertz CT molecular complexity index is 1540. The van der Waals surface area contributed by atoms with Crippen LogP contribution in [0.25, 0.3) is 28.0 Å². The molecule has 0 saturated carbocycles. The molecule has 0 unspecified atom stereocenters. The second-order valence-corrected chi connectivity index (χ2v) is 8.96. The summed E-state index contributed by atoms with van der Waals surface area (Å²) in [5.74, 6) is 1.13. The molecule has 0 spiro atoms. The predicted molar refractivity (Wildman–Crippen MR) is 131 cm³/mol. The Morgan fingerprint density at radius 3 is 2.61 bits per heavy atom. The van der Waals surface area contributed by atoms with Crippen LogP contribution < -0.4 is 5.56 Å². The highest BCUT2D eigenvalue weighted by atomic mass is 35.5. The molecule has 5 aromatic rings. The number of aromatic nitrogens is 4. The van der Waals surface area contributed by atoms with Gasteiger partial charge in [-0.25, -0.2) is 4.98 Å². The first-order valence-electron chi connectivity index (χ1n) is 10.3. The van der Waals surface area contributed by atoms with Gasteiger partial charge in [0.1, 0.15) is 0 Å². The third-order valence-corrected chi connectivity index (χ3v) is 6.49. The Morgan fingerprint density at radius 2 is 1.79 bits per heavy atom. The van der Waals surface area contributed by atoms with Crippen molar-refractivity contribution in [2.45, 2.75) is 24.8 Å². The van der Waals surface area contributed by atoms with Gasteiger partial charge in [0.15, 0.2) is 5.16 Å². The topological polar surface area (TPSA) is 73.8 Å². The second-order valence-electron chi connectivity index (χ2n) is 7.61. The van der Waals surface area contributed by atoms with E-state index in [-0.39, 0.29) is 5.56 Å². The Hall–Kier alpha value is -3.42. The van der Waals surface area contributed by atoms with Gasteiger partial charge in [-0.3, -0.25) is 9.36 Å². The summed E-state index contributed by atoms with van der Waals surface area (Å²) < 4.78 is 7.49. The average Bonchev–Trinajstić information content (AvgIpc) is 3.28. The highest BCUT2D eigenvalue weighted by molar-refractivity contribution is 7.98. The molecule has 0 N–H and O–H groups in total. The standard InChI is InChI=1S/C25H19ClN4O2S/c1-15-11-12-21(16(2)13-15)30-24(31)18-8-4-6-10-20(18)27-25(30)33-14-22-28-29-23(32-22)17-7-3-5-9-19(17)26/h3-13H,14H2,1-2H3. The minimum absolute atomic E-state index is 0.114. The van der Waals surface area contributed by atoms with Crippen LogP contribution in [0.15, 0.2) is 81.1 Å². The monoisotopic (exact) mass is 474 g/mol. The van der Waals surface area contributed by atoms with Crippen LogP contribution in [0.4, 0.5) is 0 Å². The minimum Gasteiger partial charge on any atom is -0.420 e. The van der Waals surface area contributed by atoms with Crippen LogP contribution in [0.1, 0.15) is 17.0 Å². The third kappa shape index (κ3) is 4.17. The molecule has 0 atom stereocenters. The molecule has 0 radical (unpaired) electrons. The van der Waals surface area contributed by atoms with Crippen LogP contribution in [-0.4, -0.2) is 19.7 Å². The predicted octanol–water partition coefficient (Wildman–Crippen LogP) is 6.00. The number of benzene rings is 3. The number of hydrogen-bond donors (Lipinski definition) is 0. The van der Waals surface area contributed by atoms with Crippen LogP contribution in [0, 0.1) is 13.8 Å². The zero-order valence-corrected chi connectivity index (χ0v) is 19.5. The van der Waals surface area contributed by atoms with Crippen molar-refractivity contribution in [3.05, 3.63) is 99.1 Å². The van der Waals surface area contributed by atoms with Crippen molar-refractivity contribution in [2.75, 3.05) is 0 Å². The van der Waals surface area contributed by atoms with Crippen LogP contribution in [0.5, 0.6) is 0 Å². The van der Waals surface area contributed by atoms with Crippen LogP contribution in [0.2, 0.25) is 5.02 Å². The summed E-state index contributed by atoms with van der Waals surface area (Å²) in [5.41, 5.74) is 4.14. The molecule has 0 bridgehead atoms. The number of hydrogen-bond acceptors (Lipinski definition) is 6. The normalized spacial score (nSPS) is 11.2. The van der Waals surface area contributed by atoms with E-state index < -0.39 is 0 Å². The van der Waals surface area contributed by atoms with Crippen molar-refractivity contribution in [1.82, 2.24) is 19.7 Å². The van der Waals surface area contributed by atoms with Crippen LogP contribution >= 0.6 is 23.4 Å². The first-order valence-corrected chi connectivity index (χ1v) is 11.7. The summed E-state index contributed by atoms with van der Waals surface area (Å²) in [4.78, 5) is 18.3. The summed E-state index contributed by atoms with van der Waals surface area (Å²) in [7, 11) is 0. The molecule has 0 amide bonds. The fourth-order valence-corrected chi connectivity index (χ4v) is 4.72. The van der Waals surface area contributed by atoms with E-state index >= 15 is 0 Å². The van der Waals surface area contributed by atoms with Gasteiger partial charge in [0, 0.05) is 0 Å². The number of fused-ring (bicyclic) bond motifs is 1. The van der Waals surface area contributed by atoms with Gasteiger partial charge in [-0.05, 0) is 49.7 Å². The van der Waals surface area contributed by atoms with Crippen LogP contribution in [0.3, 0.4) is 0 Å². The first-order chi connectivity index (χ1) is 16.0. The van der Waals surface area contributed by atoms with E-state index in [4.69, 9.17) is 21.0 Å². The molecule has 164 valence electrons. The molecule has 0 aliphatic carbocycles. The molecule has 6 nitrogen and oxygen atoms in total. The molecular formula is C25H19ClN4O2S. The van der Waals surface area contributed by atoms with Gasteiger partial charge in [0.2, 0.25) is 11.8 Å². The molecule has 5 rings (SSSR count). The van der Waals surface area contributed by atoms with E-state index in [0.717, 1.165) is 16.8 Å². The maximum Gasteiger partial charge on any atom is 0.266 e. The zero-order chi connectivity index (χ0) is 22.9. The van der Waals surface area contributed by atoms with Crippen LogP contribution in [-0.2, 0) is 5.75 Å². The lowest BCUT2D eigenvalue weighted by atomic mass is 10.1. The van der Waals surface area contributed by atoms with E-state index in [0.29, 0.717) is 44.2 Å². The van der Waals surface area contributed by atoms with Gasteiger partial charge < -0.3 is 4.42 Å². The molecule has 0 saturated heterocycles. The lowest BCUT2D eigenvalue weighted by molar-refractivity contribution is 0.528. The number of para-hydroxylation sites is 1. The highest BCUT2D eigenvalue weighted by Crippen LogP contribution is 2.29. The van der Waals surface area contributed by atoms with Gasteiger partial charge in [0.25, 0.3) is 5.56 Å². The smallest absolute Gasteiger partial charge is 0.266 e. The molecule has 2 aromatic heterocycles. The van der Waals surface area contributed by atoms with E-state index in [2.05, 4.69) is 16.3 Å². The maximum absolute atomic E-state index is 13.5. The Kier molecular flexibility index (Phi) is 5.74. The summed E-state index contributed by atoms with van der Waals surface area (Å²) in [6.45, 7) is 4.02. The van der Waals surface area contributed by atoms with Gasteiger partial charge in [-0.1, -0.05) is 65.3 Å². The molecule has 0 fully saturated rings. The van der Waals surface area contributed by atoms with E-state index in [9.17, 15) is 4.79 Å². The number of nitrogens with zero attached hydrogens (tertiary/aromatic N) is 4. The fraction of sp³-hybridized carbons (Fsp3) is 0.120. The molecule has 3 aromatic carbocycles. The lowest BCUT2D eigenvalue weighted by Crippen LogP contribution is -2.22. The molecular weight excluding hydrogens is 456 g/mol. The lowest BCUT2D eigenvalue weighted by Gasteiger charge is -2.15. The fourth-order valence-electron chi connectivity index (χ4n) is 3.66. The number of halogens is 1. The molecule has 0 aliphatic rings. The van der Waals surface area contributed by atoms with Gasteiger partial charge >= 0.3 is 0 Å². The van der Waals surface area contributed by atoms with Crippen molar-refractivity contribution in [3.8, 4) is 17.1 Å². The van der Waals surface area contributed by atoms with Gasteiger partial charge in [-0.15, -0.1) is 10.2 Å². The van der Waals surface area contributed by atoms with E-state index in [1.165, 1.54) is 11.8 Å². The number of aryl methyl sites for hydroxylation is 2. The molecule has 0 aliphatic heterocycles. The largest absolute Gasteiger partial charge is 0.420 e. The van der Waals surface area contributed by atoms with Gasteiger partial charge in [-0.2, -0.15) is 0 Å². The highest BCUT2D eigenvalue weighted by Gasteiger charge is 2.17. The molecule has 2 heterocycles. The summed E-state index contributed by atoms with van der Waals surface area (Å²) in [6.07, 6.45) is 0. The number of thioether (sulfide) groups is 1. The van der Waals surface area contributed by atoms with Crippen molar-refractivity contribution in [2.24, 2.45) is 0 Å². The Morgan fingerprint density at radius 1 is 1.00 bits per heavy atom. The van der Waals surface area contributed by atoms with E-state index in [1.807, 2.05) is 62.4 Å². The Balaban J connectivity index is 1.54. The number of rotatable bonds is 5. The average molecular weight is 475 g/mol. The Labute approximate surface area is 199 Å². The quantitative estimate of drug-likeness (QED) is 0.230. The van der Waals surface area contributed by atoms with Crippen molar-refractivity contribution >= 4 is 34.3 Å². The zero-order valence-electron chi connectivity index (χ0n) is 17.9. The van der Waals surface area contributed by atoms with Gasteiger partial charge in [0.05, 0.1) is 32.9 Å². The summed E-state index contributed by atoms with van der Waals surface area (Å²) in [6, 6.07) is 20.7. The SMILES string of the molecule is Cc1ccc(-n2c(SCc3nnc(-c4ccccc4Cl)o3)nc3ccccc3c2=O)c(C)c1. The second kappa shape index (κ2) is 8.84. The third-order valence-electron chi connectivity index (χ3n) is 5.23. The maximum atomic E-state index is 13.5. The van der Waals surface area contributed by atoms with Crippen molar-refractivity contribution < 1.29 is 4.42 Å². The summed E-state index contributed by atoms with van der Waals surface area (Å²) in [5, 5.41) is 9.95. The minimum atomic E-state index is -0.114.